The number of aromatic nitrogens is 8. The molecule has 0 saturated carbocycles. The van der Waals surface area contributed by atoms with Gasteiger partial charge < -0.3 is 20.7 Å². The average Bonchev–Trinajstić information content (AvgIpc) is 3.24. The maximum Gasteiger partial charge on any atom is 0.167 e. The number of nitrogens with zero attached hydrogens (tertiary/aromatic N) is 8. The first-order chi connectivity index (χ1) is 11.1. The lowest BCUT2D eigenvalue weighted by Crippen LogP contribution is -2.34. The van der Waals surface area contributed by atoms with Crippen molar-refractivity contribution in [1.29, 1.82) is 0 Å². The second kappa shape index (κ2) is 5.19. The molecule has 3 aromatic heterocycles. The Morgan fingerprint density at radius 1 is 1.17 bits per heavy atom. The summed E-state index contributed by atoms with van der Waals surface area (Å²) in [4.78, 5) is 13.4. The third kappa shape index (κ3) is 2.19. The summed E-state index contributed by atoms with van der Waals surface area (Å²) in [5, 5.41) is 31.6. The predicted octanol–water partition coefficient (Wildman–Crippen LogP) is -2.29. The number of anilines is 1. The lowest BCUT2D eigenvalue weighted by Gasteiger charge is -2.16. The minimum atomic E-state index is -1.17. The molecule has 0 spiro atoms. The summed E-state index contributed by atoms with van der Waals surface area (Å²) < 4.78 is 7.25. The molecule has 0 aromatic carbocycles. The van der Waals surface area contributed by atoms with E-state index in [2.05, 4.69) is 30.4 Å². The molecule has 12 nitrogen and oxygen atoms in total. The van der Waals surface area contributed by atoms with E-state index in [4.69, 9.17) is 10.5 Å². The van der Waals surface area contributed by atoms with Crippen molar-refractivity contribution in [1.82, 2.24) is 39.7 Å². The van der Waals surface area contributed by atoms with Crippen molar-refractivity contribution in [3.8, 4) is 0 Å². The van der Waals surface area contributed by atoms with E-state index in [-0.39, 0.29) is 12.4 Å². The Kier molecular flexibility index (Phi) is 3.14. The van der Waals surface area contributed by atoms with Crippen LogP contribution in [0.3, 0.4) is 0 Å². The Morgan fingerprint density at radius 2 is 2.04 bits per heavy atom. The van der Waals surface area contributed by atoms with Crippen molar-refractivity contribution in [2.45, 2.75) is 31.1 Å². The smallest absolute Gasteiger partial charge is 0.167 e. The van der Waals surface area contributed by atoms with E-state index in [1.54, 1.807) is 0 Å². The summed E-state index contributed by atoms with van der Waals surface area (Å²) in [5.74, 6) is 0.227. The molecular formula is C11H13N9O3. The molecule has 4 atom stereocenters. The number of rotatable bonds is 3. The first-order valence-electron chi connectivity index (χ1n) is 6.80. The second-order valence-corrected chi connectivity index (χ2v) is 5.12. The van der Waals surface area contributed by atoms with Crippen molar-refractivity contribution >= 4 is 17.0 Å². The van der Waals surface area contributed by atoms with Gasteiger partial charge in [-0.15, -0.1) is 10.2 Å². The van der Waals surface area contributed by atoms with E-state index in [9.17, 15) is 10.2 Å². The summed E-state index contributed by atoms with van der Waals surface area (Å²) in [7, 11) is 0. The Balaban J connectivity index is 1.64. The quantitative estimate of drug-likeness (QED) is 0.479. The highest BCUT2D eigenvalue weighted by Gasteiger charge is 2.44. The highest BCUT2D eigenvalue weighted by molar-refractivity contribution is 5.81. The predicted molar refractivity (Wildman–Crippen MR) is 73.5 cm³/mol. The van der Waals surface area contributed by atoms with Gasteiger partial charge in [-0.2, -0.15) is 4.80 Å². The fourth-order valence-electron chi connectivity index (χ4n) is 2.60. The van der Waals surface area contributed by atoms with Crippen molar-refractivity contribution in [2.75, 3.05) is 5.73 Å². The third-order valence-corrected chi connectivity index (χ3v) is 3.73. The van der Waals surface area contributed by atoms with Crippen LogP contribution in [0.25, 0.3) is 11.2 Å². The maximum absolute atomic E-state index is 10.3. The molecule has 0 radical (unpaired) electrons. The Morgan fingerprint density at radius 3 is 2.83 bits per heavy atom. The molecule has 1 fully saturated rings. The summed E-state index contributed by atoms with van der Waals surface area (Å²) in [6, 6.07) is 0. The molecule has 3 aromatic rings. The van der Waals surface area contributed by atoms with Crippen LogP contribution in [0.1, 0.15) is 6.23 Å². The molecule has 1 aliphatic rings. The maximum atomic E-state index is 10.3. The first kappa shape index (κ1) is 13.9. The van der Waals surface area contributed by atoms with Crippen molar-refractivity contribution in [3.05, 3.63) is 19.0 Å². The summed E-state index contributed by atoms with van der Waals surface area (Å²) in [6.45, 7) is 0.151. The van der Waals surface area contributed by atoms with Gasteiger partial charge in [-0.3, -0.25) is 4.57 Å². The second-order valence-electron chi connectivity index (χ2n) is 5.12. The third-order valence-electron chi connectivity index (χ3n) is 3.73. The number of hydrogen-bond acceptors (Lipinski definition) is 10. The van der Waals surface area contributed by atoms with Gasteiger partial charge in [-0.25, -0.2) is 15.0 Å². The summed E-state index contributed by atoms with van der Waals surface area (Å²) in [6.07, 6.45) is 0.146. The molecule has 12 heteroatoms. The minimum absolute atomic E-state index is 0.151. The molecule has 23 heavy (non-hydrogen) atoms. The molecule has 120 valence electrons. The number of aliphatic hydroxyl groups excluding tert-OH is 2. The van der Waals surface area contributed by atoms with Crippen LogP contribution in [0.4, 0.5) is 5.82 Å². The van der Waals surface area contributed by atoms with Crippen LogP contribution in [-0.4, -0.2) is 68.3 Å². The van der Waals surface area contributed by atoms with E-state index in [0.29, 0.717) is 11.2 Å². The molecule has 4 N–H and O–H groups in total. The number of ether oxygens (including phenoxy) is 1. The molecule has 0 unspecified atom stereocenters. The normalized spacial score (nSPS) is 27.7. The zero-order valence-corrected chi connectivity index (χ0v) is 11.7. The molecule has 1 saturated heterocycles. The average molecular weight is 319 g/mol. The lowest BCUT2D eigenvalue weighted by atomic mass is 10.1. The topological polar surface area (TPSA) is 163 Å². The van der Waals surface area contributed by atoms with Crippen LogP contribution in [0.15, 0.2) is 19.0 Å². The monoisotopic (exact) mass is 319 g/mol. The fraction of sp³-hybridized carbons (Fsp3) is 0.455. The van der Waals surface area contributed by atoms with Gasteiger partial charge in [0.1, 0.15) is 30.2 Å². The van der Waals surface area contributed by atoms with E-state index in [1.807, 2.05) is 0 Å². The van der Waals surface area contributed by atoms with Gasteiger partial charge in [-0.1, -0.05) is 0 Å². The van der Waals surface area contributed by atoms with E-state index in [0.717, 1.165) is 0 Å². The Bertz CT molecular complexity index is 819. The largest absolute Gasteiger partial charge is 0.387 e. The van der Waals surface area contributed by atoms with Gasteiger partial charge in [0, 0.05) is 0 Å². The van der Waals surface area contributed by atoms with Crippen molar-refractivity contribution in [2.24, 2.45) is 0 Å². The molecular weight excluding hydrogens is 306 g/mol. The van der Waals surface area contributed by atoms with E-state index >= 15 is 0 Å². The molecule has 0 amide bonds. The standard InChI is InChI=1S/C11H13N9O3/c12-9-6-10(14-2-13-9)19(4-15-6)11-8(22)7(21)5(23-11)1-20-17-3-16-18-20/h2-5,7-8,11,21-22H,1H2,(H2,12,13,14)/t5-,7-,8-,11-/m1/s1. The number of aliphatic hydroxyl groups is 2. The van der Waals surface area contributed by atoms with Gasteiger partial charge in [0.2, 0.25) is 0 Å². The minimum Gasteiger partial charge on any atom is -0.387 e. The first-order valence-corrected chi connectivity index (χ1v) is 6.80. The number of nitrogen functional groups attached to an aromatic ring is 1. The number of nitrogens with two attached hydrogens (primary N) is 1. The number of imidazole rings is 1. The van der Waals surface area contributed by atoms with Gasteiger partial charge in [0.15, 0.2) is 24.0 Å². The van der Waals surface area contributed by atoms with Crippen molar-refractivity contribution in [3.63, 3.8) is 0 Å². The zero-order chi connectivity index (χ0) is 16.0. The zero-order valence-electron chi connectivity index (χ0n) is 11.7. The molecule has 4 heterocycles. The highest BCUT2D eigenvalue weighted by Crippen LogP contribution is 2.32. The van der Waals surface area contributed by atoms with Crippen LogP contribution in [0.2, 0.25) is 0 Å². The summed E-state index contributed by atoms with van der Waals surface area (Å²) in [5.41, 5.74) is 6.55. The van der Waals surface area contributed by atoms with Gasteiger partial charge in [0.05, 0.1) is 12.9 Å². The SMILES string of the molecule is Nc1ncnc2c1ncn2[C@@H]1O[C@H](Cn2ncnn2)[C@@H](O)[C@H]1O. The van der Waals surface area contributed by atoms with E-state index < -0.39 is 24.5 Å². The van der Waals surface area contributed by atoms with Gasteiger partial charge in [-0.05, 0) is 5.21 Å². The van der Waals surface area contributed by atoms with Crippen LogP contribution in [0.5, 0.6) is 0 Å². The number of hydrogen-bond donors (Lipinski definition) is 3. The molecule has 1 aliphatic heterocycles. The highest BCUT2D eigenvalue weighted by atomic mass is 16.6. The van der Waals surface area contributed by atoms with Crippen LogP contribution in [-0.2, 0) is 11.3 Å². The number of tetrazole rings is 1. The number of fused-ring (bicyclic) bond motifs is 1. The van der Waals surface area contributed by atoms with E-state index in [1.165, 1.54) is 28.3 Å². The van der Waals surface area contributed by atoms with Crippen LogP contribution >= 0.6 is 0 Å². The van der Waals surface area contributed by atoms with Crippen LogP contribution in [0, 0.1) is 0 Å². The molecule has 4 rings (SSSR count). The Labute approximate surface area is 128 Å². The van der Waals surface area contributed by atoms with Crippen LogP contribution < -0.4 is 5.73 Å². The lowest BCUT2D eigenvalue weighted by molar-refractivity contribution is -0.0415. The Hall–Kier alpha value is -2.70. The van der Waals surface area contributed by atoms with Gasteiger partial charge in [0.25, 0.3) is 0 Å². The summed E-state index contributed by atoms with van der Waals surface area (Å²) >= 11 is 0. The molecule has 0 bridgehead atoms. The van der Waals surface area contributed by atoms with Gasteiger partial charge >= 0.3 is 0 Å². The van der Waals surface area contributed by atoms with Crippen molar-refractivity contribution < 1.29 is 14.9 Å². The fourth-order valence-corrected chi connectivity index (χ4v) is 2.60. The molecule has 0 aliphatic carbocycles.